The summed E-state index contributed by atoms with van der Waals surface area (Å²) in [6, 6.07) is 3.88. The predicted molar refractivity (Wildman–Crippen MR) is 71.6 cm³/mol. The fraction of sp³-hybridized carbons (Fsp3) is 0.333. The number of hydrogen-bond acceptors (Lipinski definition) is 5. The summed E-state index contributed by atoms with van der Waals surface area (Å²) in [5.74, 6) is -0.179. The van der Waals surface area contributed by atoms with Crippen molar-refractivity contribution in [2.75, 3.05) is 12.3 Å². The first-order chi connectivity index (χ1) is 8.63. The monoisotopic (exact) mass is 265 g/mol. The van der Waals surface area contributed by atoms with E-state index in [1.54, 1.807) is 11.3 Å². The second kappa shape index (κ2) is 5.22. The first-order valence-corrected chi connectivity index (χ1v) is 6.55. The normalized spacial score (nSPS) is 10.6. The third kappa shape index (κ3) is 2.38. The summed E-state index contributed by atoms with van der Waals surface area (Å²) in [7, 11) is 0. The van der Waals surface area contributed by atoms with Crippen molar-refractivity contribution < 1.29 is 9.32 Å². The molecule has 18 heavy (non-hydrogen) atoms. The largest absolute Gasteiger partial charge is 0.367 e. The molecule has 2 rings (SSSR count). The number of anilines is 1. The summed E-state index contributed by atoms with van der Waals surface area (Å²) >= 11 is 1.55. The highest BCUT2D eigenvalue weighted by atomic mass is 32.1. The molecule has 0 aromatic carbocycles. The Morgan fingerprint density at radius 2 is 2.33 bits per heavy atom. The molecule has 0 saturated carbocycles. The predicted octanol–water partition coefficient (Wildman–Crippen LogP) is 2.43. The van der Waals surface area contributed by atoms with Gasteiger partial charge in [0.1, 0.15) is 11.3 Å². The molecular weight excluding hydrogens is 250 g/mol. The van der Waals surface area contributed by atoms with Crippen molar-refractivity contribution in [2.24, 2.45) is 0 Å². The second-order valence-electron chi connectivity index (χ2n) is 3.94. The standard InChI is InChI=1S/C12H15N3O2S/c1-3-6-14-12(16)9-10(15-17-11(9)13)8-5-4-7(2)18-8/h4-5H,3,6,13H2,1-2H3,(H,14,16). The van der Waals surface area contributed by atoms with E-state index >= 15 is 0 Å². The van der Waals surface area contributed by atoms with Gasteiger partial charge < -0.3 is 15.6 Å². The van der Waals surface area contributed by atoms with Crippen LogP contribution in [0.15, 0.2) is 16.7 Å². The Morgan fingerprint density at radius 1 is 1.56 bits per heavy atom. The molecule has 0 aliphatic rings. The van der Waals surface area contributed by atoms with E-state index in [-0.39, 0.29) is 11.8 Å². The molecule has 0 radical (unpaired) electrons. The summed E-state index contributed by atoms with van der Waals surface area (Å²) in [4.78, 5) is 14.0. The van der Waals surface area contributed by atoms with E-state index in [9.17, 15) is 4.79 Å². The highest BCUT2D eigenvalue weighted by Crippen LogP contribution is 2.32. The Labute approximate surface area is 109 Å². The Bertz CT molecular complexity index is 559. The van der Waals surface area contributed by atoms with Crippen LogP contribution in [0.2, 0.25) is 0 Å². The number of nitrogen functional groups attached to an aromatic ring is 1. The number of nitrogens with zero attached hydrogens (tertiary/aromatic N) is 1. The minimum absolute atomic E-state index is 0.0599. The zero-order valence-corrected chi connectivity index (χ0v) is 11.1. The minimum atomic E-state index is -0.239. The second-order valence-corrected chi connectivity index (χ2v) is 5.22. The summed E-state index contributed by atoms with van der Waals surface area (Å²) in [6.07, 6.45) is 0.865. The maximum absolute atomic E-state index is 12.0. The molecule has 3 N–H and O–H groups in total. The van der Waals surface area contributed by atoms with E-state index in [0.29, 0.717) is 17.8 Å². The van der Waals surface area contributed by atoms with Crippen LogP contribution in [0.25, 0.3) is 10.6 Å². The number of aromatic nitrogens is 1. The Morgan fingerprint density at radius 3 is 2.94 bits per heavy atom. The molecule has 96 valence electrons. The van der Waals surface area contributed by atoms with E-state index < -0.39 is 0 Å². The molecule has 0 saturated heterocycles. The topological polar surface area (TPSA) is 81.2 Å². The van der Waals surface area contributed by atoms with Crippen LogP contribution in [0, 0.1) is 6.92 Å². The summed E-state index contributed by atoms with van der Waals surface area (Å²) in [6.45, 7) is 4.58. The number of thiophene rings is 1. The van der Waals surface area contributed by atoms with E-state index in [1.165, 1.54) is 0 Å². The molecule has 2 aromatic heterocycles. The molecule has 0 atom stereocenters. The maximum Gasteiger partial charge on any atom is 0.259 e. The van der Waals surface area contributed by atoms with Crippen molar-refractivity contribution in [3.63, 3.8) is 0 Å². The Balaban J connectivity index is 2.35. The van der Waals surface area contributed by atoms with Gasteiger partial charge in [-0.25, -0.2) is 0 Å². The number of rotatable bonds is 4. The average Bonchev–Trinajstić information content (AvgIpc) is 2.92. The van der Waals surface area contributed by atoms with Crippen LogP contribution in [0.5, 0.6) is 0 Å². The molecule has 2 aromatic rings. The Kier molecular flexibility index (Phi) is 3.66. The fourth-order valence-electron chi connectivity index (χ4n) is 1.58. The Hall–Kier alpha value is -1.82. The zero-order chi connectivity index (χ0) is 13.1. The molecule has 2 heterocycles. The van der Waals surface area contributed by atoms with Gasteiger partial charge in [0.15, 0.2) is 0 Å². The van der Waals surface area contributed by atoms with Crippen molar-refractivity contribution in [2.45, 2.75) is 20.3 Å². The summed E-state index contributed by atoms with van der Waals surface area (Å²) in [5.41, 5.74) is 6.51. The number of carbonyl (C=O) groups excluding carboxylic acids is 1. The lowest BCUT2D eigenvalue weighted by atomic mass is 10.2. The van der Waals surface area contributed by atoms with Crippen LogP contribution in [0.3, 0.4) is 0 Å². The van der Waals surface area contributed by atoms with Crippen LogP contribution in [0.1, 0.15) is 28.6 Å². The number of carbonyl (C=O) groups is 1. The summed E-state index contributed by atoms with van der Waals surface area (Å²) in [5, 5.41) is 6.66. The average molecular weight is 265 g/mol. The van der Waals surface area contributed by atoms with Gasteiger partial charge in [-0.05, 0) is 25.5 Å². The SMILES string of the molecule is CCCNC(=O)c1c(-c2ccc(C)s2)noc1N. The van der Waals surface area contributed by atoms with Gasteiger partial charge in [0.25, 0.3) is 5.91 Å². The van der Waals surface area contributed by atoms with Crippen LogP contribution in [-0.2, 0) is 0 Å². The zero-order valence-electron chi connectivity index (χ0n) is 10.3. The smallest absolute Gasteiger partial charge is 0.259 e. The van der Waals surface area contributed by atoms with Gasteiger partial charge in [-0.15, -0.1) is 11.3 Å². The molecular formula is C12H15N3O2S. The minimum Gasteiger partial charge on any atom is -0.367 e. The number of nitrogens with two attached hydrogens (primary N) is 1. The van der Waals surface area contributed by atoms with Crippen LogP contribution in [-0.4, -0.2) is 17.6 Å². The van der Waals surface area contributed by atoms with Crippen LogP contribution >= 0.6 is 11.3 Å². The highest BCUT2D eigenvalue weighted by Gasteiger charge is 2.22. The molecule has 0 fully saturated rings. The van der Waals surface area contributed by atoms with E-state index in [0.717, 1.165) is 16.2 Å². The highest BCUT2D eigenvalue weighted by molar-refractivity contribution is 7.15. The van der Waals surface area contributed by atoms with Crippen molar-refractivity contribution >= 4 is 23.1 Å². The molecule has 0 spiro atoms. The van der Waals surface area contributed by atoms with Crippen molar-refractivity contribution in [3.8, 4) is 10.6 Å². The number of amides is 1. The lowest BCUT2D eigenvalue weighted by Gasteiger charge is -2.02. The number of nitrogens with one attached hydrogen (secondary N) is 1. The van der Waals surface area contributed by atoms with Crippen molar-refractivity contribution in [1.82, 2.24) is 10.5 Å². The van der Waals surface area contributed by atoms with Gasteiger partial charge in [-0.2, -0.15) is 0 Å². The number of hydrogen-bond donors (Lipinski definition) is 2. The van der Waals surface area contributed by atoms with Gasteiger partial charge in [-0.1, -0.05) is 12.1 Å². The van der Waals surface area contributed by atoms with Crippen molar-refractivity contribution in [1.29, 1.82) is 0 Å². The number of aryl methyl sites for hydroxylation is 1. The molecule has 0 unspecified atom stereocenters. The van der Waals surface area contributed by atoms with E-state index in [2.05, 4.69) is 10.5 Å². The molecule has 1 amide bonds. The lowest BCUT2D eigenvalue weighted by molar-refractivity contribution is 0.0955. The quantitative estimate of drug-likeness (QED) is 0.889. The molecule has 5 nitrogen and oxygen atoms in total. The molecule has 6 heteroatoms. The van der Waals surface area contributed by atoms with Gasteiger partial charge in [0.2, 0.25) is 5.88 Å². The van der Waals surface area contributed by atoms with Crippen LogP contribution < -0.4 is 11.1 Å². The van der Waals surface area contributed by atoms with Crippen molar-refractivity contribution in [3.05, 3.63) is 22.6 Å². The van der Waals surface area contributed by atoms with E-state index in [4.69, 9.17) is 10.3 Å². The maximum atomic E-state index is 12.0. The lowest BCUT2D eigenvalue weighted by Crippen LogP contribution is -2.24. The van der Waals surface area contributed by atoms with Gasteiger partial charge >= 0.3 is 0 Å². The third-order valence-electron chi connectivity index (χ3n) is 2.45. The first-order valence-electron chi connectivity index (χ1n) is 5.73. The molecule has 0 aliphatic heterocycles. The van der Waals surface area contributed by atoms with Gasteiger partial charge in [0.05, 0.1) is 4.88 Å². The molecule has 0 bridgehead atoms. The van der Waals surface area contributed by atoms with Crippen LogP contribution in [0.4, 0.5) is 5.88 Å². The van der Waals surface area contributed by atoms with Gasteiger partial charge in [-0.3, -0.25) is 4.79 Å². The summed E-state index contributed by atoms with van der Waals surface area (Å²) < 4.78 is 4.93. The fourth-order valence-corrected chi connectivity index (χ4v) is 2.43. The van der Waals surface area contributed by atoms with E-state index in [1.807, 2.05) is 26.0 Å². The molecule has 0 aliphatic carbocycles. The first kappa shape index (κ1) is 12.6. The third-order valence-corrected chi connectivity index (χ3v) is 3.46. The van der Waals surface area contributed by atoms with Gasteiger partial charge in [0, 0.05) is 11.4 Å².